The minimum absolute atomic E-state index is 0.0265. The van der Waals surface area contributed by atoms with Crippen LogP contribution in [0.15, 0.2) is 54.6 Å². The van der Waals surface area contributed by atoms with Crippen molar-refractivity contribution in [2.75, 3.05) is 20.2 Å². The Morgan fingerprint density at radius 1 is 1.13 bits per heavy atom. The third kappa shape index (κ3) is 4.52. The lowest BCUT2D eigenvalue weighted by Gasteiger charge is -2.52. The maximum atomic E-state index is 12.8. The highest BCUT2D eigenvalue weighted by Crippen LogP contribution is 2.49. The molecule has 1 saturated carbocycles. The molecular weight excluding hydrogens is 376 g/mol. The largest absolute Gasteiger partial charge is 0.497 e. The number of rotatable bonds is 6. The van der Waals surface area contributed by atoms with Gasteiger partial charge in [-0.1, -0.05) is 55.3 Å². The maximum Gasteiger partial charge on any atom is 0.234 e. The Labute approximate surface area is 179 Å². The van der Waals surface area contributed by atoms with Gasteiger partial charge < -0.3 is 15.2 Å². The molecule has 1 heterocycles. The SMILES string of the molecule is COc1ccc([C@H]2[C@@H]3CCCC[C@]3(O)CCN2CC(=O)NCc2ccccc2)cc1. The Kier molecular flexibility index (Phi) is 6.40. The van der Waals surface area contributed by atoms with Crippen molar-refractivity contribution in [2.45, 2.75) is 50.3 Å². The van der Waals surface area contributed by atoms with Gasteiger partial charge in [0.2, 0.25) is 5.91 Å². The number of carbonyl (C=O) groups is 1. The first kappa shape index (κ1) is 20.9. The fourth-order valence-corrected chi connectivity index (χ4v) is 5.20. The van der Waals surface area contributed by atoms with Crippen molar-refractivity contribution in [3.05, 3.63) is 65.7 Å². The Morgan fingerprint density at radius 2 is 1.90 bits per heavy atom. The third-order valence-corrected chi connectivity index (χ3v) is 6.81. The number of nitrogens with zero attached hydrogens (tertiary/aromatic N) is 1. The van der Waals surface area contributed by atoms with Crippen LogP contribution in [0.2, 0.25) is 0 Å². The standard InChI is InChI=1S/C25H32N2O3/c1-30-21-12-10-20(11-13-21)24-22-9-5-6-14-25(22,29)15-16-27(24)18-23(28)26-17-19-7-3-2-4-8-19/h2-4,7-8,10-13,22,24,29H,5-6,9,14-18H2,1H3,(H,26,28)/t22-,24-,25-/m0/s1. The molecule has 3 atom stereocenters. The Hall–Kier alpha value is -2.37. The van der Waals surface area contributed by atoms with Crippen LogP contribution in [0.5, 0.6) is 5.75 Å². The van der Waals surface area contributed by atoms with Crippen molar-refractivity contribution >= 4 is 5.91 Å². The molecule has 160 valence electrons. The van der Waals surface area contributed by atoms with Gasteiger partial charge in [0.15, 0.2) is 0 Å². The molecule has 0 aromatic heterocycles. The maximum absolute atomic E-state index is 12.8. The zero-order valence-electron chi connectivity index (χ0n) is 17.7. The van der Waals surface area contributed by atoms with Crippen molar-refractivity contribution in [1.82, 2.24) is 10.2 Å². The van der Waals surface area contributed by atoms with Crippen molar-refractivity contribution in [2.24, 2.45) is 5.92 Å². The summed E-state index contributed by atoms with van der Waals surface area (Å²) in [5.41, 5.74) is 1.62. The van der Waals surface area contributed by atoms with E-state index in [4.69, 9.17) is 4.74 Å². The average Bonchev–Trinajstić information content (AvgIpc) is 2.78. The number of ether oxygens (including phenoxy) is 1. The molecule has 30 heavy (non-hydrogen) atoms. The molecule has 2 N–H and O–H groups in total. The van der Waals surface area contributed by atoms with Crippen molar-refractivity contribution < 1.29 is 14.6 Å². The summed E-state index contributed by atoms with van der Waals surface area (Å²) in [6.45, 7) is 1.60. The van der Waals surface area contributed by atoms with Gasteiger partial charge in [0, 0.05) is 25.0 Å². The minimum Gasteiger partial charge on any atom is -0.497 e. The van der Waals surface area contributed by atoms with Crippen LogP contribution in [-0.2, 0) is 11.3 Å². The predicted octanol–water partition coefficient (Wildman–Crippen LogP) is 3.68. The van der Waals surface area contributed by atoms with E-state index in [2.05, 4.69) is 22.3 Å². The Morgan fingerprint density at radius 3 is 2.63 bits per heavy atom. The van der Waals surface area contributed by atoms with Crippen LogP contribution < -0.4 is 10.1 Å². The molecule has 0 radical (unpaired) electrons. The third-order valence-electron chi connectivity index (χ3n) is 6.81. The summed E-state index contributed by atoms with van der Waals surface area (Å²) in [6, 6.07) is 18.1. The topological polar surface area (TPSA) is 61.8 Å². The summed E-state index contributed by atoms with van der Waals surface area (Å²) in [4.78, 5) is 15.0. The van der Waals surface area contributed by atoms with Crippen LogP contribution in [0.1, 0.15) is 49.3 Å². The zero-order valence-corrected chi connectivity index (χ0v) is 17.7. The van der Waals surface area contributed by atoms with Crippen molar-refractivity contribution in [1.29, 1.82) is 0 Å². The van der Waals surface area contributed by atoms with Crippen LogP contribution in [0.4, 0.5) is 0 Å². The molecule has 4 rings (SSSR count). The van der Waals surface area contributed by atoms with Gasteiger partial charge in [0.1, 0.15) is 5.75 Å². The molecule has 2 fully saturated rings. The predicted molar refractivity (Wildman–Crippen MR) is 117 cm³/mol. The lowest BCUT2D eigenvalue weighted by atomic mass is 9.66. The second-order valence-electron chi connectivity index (χ2n) is 8.66. The van der Waals surface area contributed by atoms with Crippen LogP contribution in [0.3, 0.4) is 0 Å². The summed E-state index contributed by atoms with van der Waals surface area (Å²) < 4.78 is 5.32. The van der Waals surface area contributed by atoms with Gasteiger partial charge in [-0.05, 0) is 42.5 Å². The van der Waals surface area contributed by atoms with E-state index < -0.39 is 5.60 Å². The number of amides is 1. The van der Waals surface area contributed by atoms with E-state index in [0.29, 0.717) is 13.1 Å². The number of fused-ring (bicyclic) bond motifs is 1. The van der Waals surface area contributed by atoms with E-state index in [-0.39, 0.29) is 17.9 Å². The molecule has 0 unspecified atom stereocenters. The van der Waals surface area contributed by atoms with E-state index in [1.54, 1.807) is 7.11 Å². The number of hydrogen-bond acceptors (Lipinski definition) is 4. The highest BCUT2D eigenvalue weighted by Gasteiger charge is 2.49. The molecule has 1 amide bonds. The summed E-state index contributed by atoms with van der Waals surface area (Å²) in [5.74, 6) is 0.995. The molecule has 5 nitrogen and oxygen atoms in total. The molecular formula is C25H32N2O3. The molecule has 1 aliphatic heterocycles. The molecule has 2 aromatic carbocycles. The highest BCUT2D eigenvalue weighted by atomic mass is 16.5. The number of piperidine rings is 1. The first-order valence-electron chi connectivity index (χ1n) is 11.0. The average molecular weight is 409 g/mol. The van der Waals surface area contributed by atoms with E-state index in [1.807, 2.05) is 42.5 Å². The van der Waals surface area contributed by atoms with Gasteiger partial charge in [-0.2, -0.15) is 0 Å². The first-order valence-corrected chi connectivity index (χ1v) is 11.0. The molecule has 0 bridgehead atoms. The summed E-state index contributed by atoms with van der Waals surface area (Å²) in [6.07, 6.45) is 4.80. The monoisotopic (exact) mass is 408 g/mol. The summed E-state index contributed by atoms with van der Waals surface area (Å²) in [5, 5.41) is 14.4. The van der Waals surface area contributed by atoms with Gasteiger partial charge in [0.25, 0.3) is 0 Å². The molecule has 1 saturated heterocycles. The quantitative estimate of drug-likeness (QED) is 0.765. The first-order chi connectivity index (χ1) is 14.6. The highest BCUT2D eigenvalue weighted by molar-refractivity contribution is 5.78. The second kappa shape index (κ2) is 9.19. The Balaban J connectivity index is 1.51. The number of methoxy groups -OCH3 is 1. The molecule has 0 spiro atoms. The van der Waals surface area contributed by atoms with Crippen molar-refractivity contribution in [3.8, 4) is 5.75 Å². The normalized spacial score (nSPS) is 26.6. The lowest BCUT2D eigenvalue weighted by molar-refractivity contribution is -0.138. The molecule has 2 aromatic rings. The van der Waals surface area contributed by atoms with Gasteiger partial charge in [-0.25, -0.2) is 0 Å². The summed E-state index contributed by atoms with van der Waals surface area (Å²) >= 11 is 0. The van der Waals surface area contributed by atoms with Crippen LogP contribution in [0.25, 0.3) is 0 Å². The van der Waals surface area contributed by atoms with Crippen LogP contribution in [-0.4, -0.2) is 41.7 Å². The van der Waals surface area contributed by atoms with E-state index in [1.165, 1.54) is 0 Å². The minimum atomic E-state index is -0.625. The number of nitrogens with one attached hydrogen (secondary N) is 1. The fourth-order valence-electron chi connectivity index (χ4n) is 5.20. The fraction of sp³-hybridized carbons (Fsp3) is 0.480. The van der Waals surface area contributed by atoms with Crippen molar-refractivity contribution in [3.63, 3.8) is 0 Å². The van der Waals surface area contributed by atoms with Crippen LogP contribution >= 0.6 is 0 Å². The van der Waals surface area contributed by atoms with E-state index in [0.717, 1.165) is 55.5 Å². The number of likely N-dealkylation sites (tertiary alicyclic amines) is 1. The van der Waals surface area contributed by atoms with Gasteiger partial charge in [-0.15, -0.1) is 0 Å². The Bertz CT molecular complexity index is 839. The molecule has 2 aliphatic rings. The second-order valence-corrected chi connectivity index (χ2v) is 8.66. The van der Waals surface area contributed by atoms with Gasteiger partial charge in [-0.3, -0.25) is 9.69 Å². The number of aliphatic hydroxyl groups is 1. The van der Waals surface area contributed by atoms with E-state index in [9.17, 15) is 9.90 Å². The number of hydrogen-bond donors (Lipinski definition) is 2. The molecule has 5 heteroatoms. The number of benzene rings is 2. The van der Waals surface area contributed by atoms with Crippen LogP contribution in [0, 0.1) is 5.92 Å². The van der Waals surface area contributed by atoms with E-state index >= 15 is 0 Å². The number of carbonyl (C=O) groups excluding carboxylic acids is 1. The summed E-state index contributed by atoms with van der Waals surface area (Å²) in [7, 11) is 1.67. The zero-order chi connectivity index (χ0) is 21.0. The van der Waals surface area contributed by atoms with Gasteiger partial charge >= 0.3 is 0 Å². The van der Waals surface area contributed by atoms with Gasteiger partial charge in [0.05, 0.1) is 19.3 Å². The smallest absolute Gasteiger partial charge is 0.234 e. The molecule has 1 aliphatic carbocycles. The lowest BCUT2D eigenvalue weighted by Crippen LogP contribution is -2.56.